The minimum Gasteiger partial charge on any atom is -0.497 e. The summed E-state index contributed by atoms with van der Waals surface area (Å²) in [5, 5.41) is 17.9. The van der Waals surface area contributed by atoms with Gasteiger partial charge in [0, 0.05) is 31.3 Å². The van der Waals surface area contributed by atoms with E-state index < -0.39 is 22.9 Å². The molecule has 0 radical (unpaired) electrons. The number of aliphatic hydroxyl groups excluding tert-OH is 1. The Morgan fingerprint density at radius 3 is 2.31 bits per heavy atom. The minimum absolute atomic E-state index is 0.249. The van der Waals surface area contributed by atoms with Gasteiger partial charge in [-0.1, -0.05) is 43.2 Å². The Kier molecular flexibility index (Phi) is 11.3. The van der Waals surface area contributed by atoms with Gasteiger partial charge in [0.15, 0.2) is 0 Å². The van der Waals surface area contributed by atoms with Crippen molar-refractivity contribution in [1.29, 1.82) is 0 Å². The lowest BCUT2D eigenvalue weighted by Crippen LogP contribution is -2.48. The highest BCUT2D eigenvalue weighted by Gasteiger charge is 2.30. The molecular formula is C35H47N3O6S. The van der Waals surface area contributed by atoms with Crippen LogP contribution in [-0.2, 0) is 13.0 Å². The smallest absolute Gasteiger partial charge is 0.251 e. The Balaban J connectivity index is 1.35. The molecule has 1 aliphatic heterocycles. The summed E-state index contributed by atoms with van der Waals surface area (Å²) in [7, 11) is 0.275. The molecule has 10 heteroatoms. The molecule has 3 aromatic rings. The monoisotopic (exact) mass is 637 g/mol. The predicted molar refractivity (Wildman–Crippen MR) is 181 cm³/mol. The van der Waals surface area contributed by atoms with Crippen LogP contribution in [0, 0.1) is 0 Å². The van der Waals surface area contributed by atoms with Gasteiger partial charge in [0.2, 0.25) is 0 Å². The number of rotatable bonds is 13. The third kappa shape index (κ3) is 8.71. The quantitative estimate of drug-likeness (QED) is 0.152. The van der Waals surface area contributed by atoms with Gasteiger partial charge in [0.25, 0.3) is 5.91 Å². The van der Waals surface area contributed by atoms with E-state index in [1.807, 2.05) is 60.7 Å². The SMILES string of the molecule is COc1cc(CNCC(O)C(Cc2ccccc2)NC(=O)c2cc(C3CCCC3)cc(N3CCCCS3(O)O)c2)cc(OC)c1. The van der Waals surface area contributed by atoms with E-state index in [0.29, 0.717) is 53.9 Å². The van der Waals surface area contributed by atoms with Crippen LogP contribution in [0.2, 0.25) is 0 Å². The van der Waals surface area contributed by atoms with E-state index in [4.69, 9.17) is 9.47 Å². The second-order valence-corrected chi connectivity index (χ2v) is 14.2. The number of nitrogens with zero attached hydrogens (tertiary/aromatic N) is 1. The molecule has 1 saturated heterocycles. The van der Waals surface area contributed by atoms with E-state index >= 15 is 0 Å². The van der Waals surface area contributed by atoms with Crippen LogP contribution in [-0.4, -0.2) is 65.3 Å². The molecule has 5 N–H and O–H groups in total. The third-order valence-electron chi connectivity index (χ3n) is 8.87. The molecule has 2 atom stereocenters. The fourth-order valence-electron chi connectivity index (χ4n) is 6.39. The van der Waals surface area contributed by atoms with Crippen molar-refractivity contribution in [3.05, 3.63) is 89.0 Å². The van der Waals surface area contributed by atoms with Crippen LogP contribution in [0.5, 0.6) is 11.5 Å². The summed E-state index contributed by atoms with van der Waals surface area (Å²) < 4.78 is 34.2. The topological polar surface area (TPSA) is 124 Å². The highest BCUT2D eigenvalue weighted by Crippen LogP contribution is 2.50. The number of amides is 1. The molecule has 1 amide bonds. The van der Waals surface area contributed by atoms with Crippen LogP contribution in [0.1, 0.15) is 71.5 Å². The van der Waals surface area contributed by atoms with Crippen LogP contribution >= 0.6 is 10.8 Å². The van der Waals surface area contributed by atoms with Gasteiger partial charge < -0.3 is 25.2 Å². The molecule has 2 aliphatic rings. The van der Waals surface area contributed by atoms with Gasteiger partial charge in [-0.25, -0.2) is 0 Å². The molecule has 5 rings (SSSR count). The van der Waals surface area contributed by atoms with Crippen LogP contribution in [0.15, 0.2) is 66.7 Å². The fourth-order valence-corrected chi connectivity index (χ4v) is 8.06. The first-order chi connectivity index (χ1) is 21.8. The number of aliphatic hydroxyl groups is 1. The van der Waals surface area contributed by atoms with Crippen molar-refractivity contribution in [2.75, 3.05) is 37.4 Å². The summed E-state index contributed by atoms with van der Waals surface area (Å²) >= 11 is 0. The van der Waals surface area contributed by atoms with E-state index in [1.165, 1.54) is 0 Å². The molecule has 45 heavy (non-hydrogen) atoms. The maximum atomic E-state index is 13.9. The molecule has 1 heterocycles. The summed E-state index contributed by atoms with van der Waals surface area (Å²) in [6.07, 6.45) is 5.62. The maximum absolute atomic E-state index is 13.9. The summed E-state index contributed by atoms with van der Waals surface area (Å²) in [5.41, 5.74) is 4.16. The van der Waals surface area contributed by atoms with Gasteiger partial charge >= 0.3 is 0 Å². The van der Waals surface area contributed by atoms with Crippen molar-refractivity contribution in [1.82, 2.24) is 10.6 Å². The Bertz CT molecular complexity index is 1390. The molecule has 1 aliphatic carbocycles. The van der Waals surface area contributed by atoms with Crippen molar-refractivity contribution in [2.45, 2.75) is 69.6 Å². The van der Waals surface area contributed by atoms with Crippen LogP contribution in [0.4, 0.5) is 5.69 Å². The van der Waals surface area contributed by atoms with Crippen molar-refractivity contribution in [3.8, 4) is 11.5 Å². The first kappa shape index (κ1) is 33.1. The normalized spacial score (nSPS) is 18.6. The fraction of sp³-hybridized carbons (Fsp3) is 0.457. The van der Waals surface area contributed by atoms with Crippen molar-refractivity contribution >= 4 is 22.4 Å². The van der Waals surface area contributed by atoms with Gasteiger partial charge in [-0.15, -0.1) is 10.8 Å². The number of nitrogens with one attached hydrogen (secondary N) is 2. The molecule has 1 saturated carbocycles. The lowest BCUT2D eigenvalue weighted by molar-refractivity contribution is 0.0829. The molecule has 0 bridgehead atoms. The standard InChI is InChI=1S/C35H47N3O6S/c1-43-31-16-26(17-32(22-31)44-2)23-36-24-34(39)33(18-25-10-4-3-5-11-25)37-35(40)29-19-28(27-12-6-7-13-27)20-30(21-29)38-14-8-9-15-45(38,41)42/h3-5,10-11,16-17,19-22,27,33-34,36,39,41-42H,6-9,12-15,18,23-24H2,1-2H3,(H,37,40). The van der Waals surface area contributed by atoms with Gasteiger partial charge in [-0.05, 0) is 85.0 Å². The number of benzene rings is 3. The number of anilines is 1. The van der Waals surface area contributed by atoms with E-state index in [-0.39, 0.29) is 12.5 Å². The average molecular weight is 638 g/mol. The molecule has 244 valence electrons. The van der Waals surface area contributed by atoms with Crippen molar-refractivity contribution in [2.24, 2.45) is 0 Å². The lowest BCUT2D eigenvalue weighted by atomic mass is 9.94. The van der Waals surface area contributed by atoms with Crippen LogP contribution in [0.25, 0.3) is 0 Å². The third-order valence-corrected chi connectivity index (χ3v) is 10.8. The Labute approximate surface area is 268 Å². The molecule has 0 aromatic heterocycles. The molecule has 2 fully saturated rings. The predicted octanol–water partition coefficient (Wildman–Crippen LogP) is 6.12. The van der Waals surface area contributed by atoms with E-state index in [0.717, 1.165) is 55.2 Å². The molecule has 2 unspecified atom stereocenters. The molecular weight excluding hydrogens is 590 g/mol. The Morgan fingerprint density at radius 1 is 0.933 bits per heavy atom. The molecule has 3 aromatic carbocycles. The Morgan fingerprint density at radius 2 is 1.64 bits per heavy atom. The molecule has 9 nitrogen and oxygen atoms in total. The number of methoxy groups -OCH3 is 2. The zero-order valence-electron chi connectivity index (χ0n) is 26.3. The summed E-state index contributed by atoms with van der Waals surface area (Å²) in [6, 6.07) is 20.6. The summed E-state index contributed by atoms with van der Waals surface area (Å²) in [4.78, 5) is 13.9. The molecule has 0 spiro atoms. The highest BCUT2D eigenvalue weighted by molar-refractivity contribution is 8.25. The Hall–Kier alpha value is -3.28. The summed E-state index contributed by atoms with van der Waals surface area (Å²) in [5.74, 6) is 1.76. The minimum atomic E-state index is -2.94. The van der Waals surface area contributed by atoms with Crippen LogP contribution < -0.4 is 24.4 Å². The van der Waals surface area contributed by atoms with Crippen molar-refractivity contribution < 1.29 is 28.5 Å². The van der Waals surface area contributed by atoms with Gasteiger partial charge in [0.1, 0.15) is 11.5 Å². The van der Waals surface area contributed by atoms with Gasteiger partial charge in [0.05, 0.1) is 37.8 Å². The average Bonchev–Trinajstić information content (AvgIpc) is 3.60. The first-order valence-electron chi connectivity index (χ1n) is 15.9. The largest absolute Gasteiger partial charge is 0.497 e. The van der Waals surface area contributed by atoms with E-state index in [2.05, 4.69) is 10.6 Å². The second kappa shape index (κ2) is 15.3. The van der Waals surface area contributed by atoms with Crippen molar-refractivity contribution in [3.63, 3.8) is 0 Å². The second-order valence-electron chi connectivity index (χ2n) is 12.1. The maximum Gasteiger partial charge on any atom is 0.251 e. The first-order valence-corrected chi connectivity index (χ1v) is 17.6. The number of ether oxygens (including phenoxy) is 2. The number of hydrogen-bond acceptors (Lipinski definition) is 8. The van der Waals surface area contributed by atoms with Gasteiger partial charge in [-0.2, -0.15) is 0 Å². The van der Waals surface area contributed by atoms with E-state index in [9.17, 15) is 19.0 Å². The van der Waals surface area contributed by atoms with Gasteiger partial charge in [-0.3, -0.25) is 18.2 Å². The van der Waals surface area contributed by atoms with E-state index in [1.54, 1.807) is 24.6 Å². The number of hydrogen-bond donors (Lipinski definition) is 5. The summed E-state index contributed by atoms with van der Waals surface area (Å²) in [6.45, 7) is 1.27. The number of carbonyl (C=O) groups is 1. The lowest BCUT2D eigenvalue weighted by Gasteiger charge is -2.47. The highest BCUT2D eigenvalue weighted by atomic mass is 32.3. The number of carbonyl (C=O) groups excluding carboxylic acids is 1. The van der Waals surface area contributed by atoms with Crippen LogP contribution in [0.3, 0.4) is 0 Å². The zero-order valence-corrected chi connectivity index (χ0v) is 27.1. The zero-order chi connectivity index (χ0) is 31.8.